The van der Waals surface area contributed by atoms with Gasteiger partial charge in [-0.05, 0) is 18.1 Å². The van der Waals surface area contributed by atoms with Crippen molar-refractivity contribution in [3.05, 3.63) is 29.7 Å². The number of ether oxygens (including phenoxy) is 2. The van der Waals surface area contributed by atoms with Crippen molar-refractivity contribution in [2.75, 3.05) is 20.5 Å². The zero-order valence-electron chi connectivity index (χ0n) is 15.1. The van der Waals surface area contributed by atoms with E-state index < -0.39 is 27.0 Å². The number of sulfone groups is 1. The average molecular weight is 383 g/mol. The van der Waals surface area contributed by atoms with Gasteiger partial charge in [-0.25, -0.2) is 8.42 Å². The molecule has 0 fully saturated rings. The van der Waals surface area contributed by atoms with E-state index in [0.717, 1.165) is 6.26 Å². The van der Waals surface area contributed by atoms with Crippen LogP contribution >= 0.6 is 0 Å². The molecule has 0 saturated heterocycles. The molecule has 1 N–H and O–H groups in total. The fourth-order valence-corrected chi connectivity index (χ4v) is 2.60. The van der Waals surface area contributed by atoms with Gasteiger partial charge in [-0.1, -0.05) is 18.9 Å². The molecule has 0 aliphatic heterocycles. The first-order chi connectivity index (χ1) is 12.2. The van der Waals surface area contributed by atoms with Crippen LogP contribution in [0.2, 0.25) is 0 Å². The first-order valence-electron chi connectivity index (χ1n) is 7.73. The highest BCUT2D eigenvalue weighted by Crippen LogP contribution is 2.25. The van der Waals surface area contributed by atoms with Crippen molar-refractivity contribution in [2.24, 2.45) is 5.92 Å². The van der Waals surface area contributed by atoms with Crippen molar-refractivity contribution < 1.29 is 27.1 Å². The molecule has 2 aromatic rings. The van der Waals surface area contributed by atoms with Gasteiger partial charge in [-0.2, -0.15) is 0 Å². The third kappa shape index (κ3) is 4.51. The normalized spacial score (nSPS) is 12.7. The van der Waals surface area contributed by atoms with Gasteiger partial charge in [0.25, 0.3) is 5.91 Å². The second-order valence-corrected chi connectivity index (χ2v) is 7.87. The van der Waals surface area contributed by atoms with E-state index in [2.05, 4.69) is 15.5 Å². The molecule has 1 aromatic heterocycles. The van der Waals surface area contributed by atoms with Crippen molar-refractivity contribution in [1.29, 1.82) is 0 Å². The Kier molecular flexibility index (Phi) is 5.86. The molecule has 10 heteroatoms. The molecule has 1 atom stereocenters. The van der Waals surface area contributed by atoms with Crippen LogP contribution in [0.1, 0.15) is 36.1 Å². The van der Waals surface area contributed by atoms with Crippen molar-refractivity contribution >= 4 is 15.7 Å². The number of hydrogen-bond donors (Lipinski definition) is 1. The Morgan fingerprint density at radius 3 is 2.12 bits per heavy atom. The van der Waals surface area contributed by atoms with E-state index in [1.54, 1.807) is 18.2 Å². The lowest BCUT2D eigenvalue weighted by Crippen LogP contribution is -2.32. The zero-order valence-corrected chi connectivity index (χ0v) is 16.0. The minimum Gasteiger partial charge on any atom is -0.497 e. The van der Waals surface area contributed by atoms with E-state index in [0.29, 0.717) is 17.1 Å². The summed E-state index contributed by atoms with van der Waals surface area (Å²) < 4.78 is 38.6. The van der Waals surface area contributed by atoms with Gasteiger partial charge in [-0.3, -0.25) is 4.79 Å². The topological polar surface area (TPSA) is 121 Å². The second-order valence-electron chi connectivity index (χ2n) is 5.97. The van der Waals surface area contributed by atoms with Crippen LogP contribution in [-0.4, -0.2) is 45.0 Å². The van der Waals surface area contributed by atoms with Gasteiger partial charge >= 0.3 is 5.22 Å². The lowest BCUT2D eigenvalue weighted by atomic mass is 10.0. The summed E-state index contributed by atoms with van der Waals surface area (Å²) in [6, 6.07) is 4.10. The molecule has 1 heterocycles. The van der Waals surface area contributed by atoms with Gasteiger partial charge in [0.2, 0.25) is 15.7 Å². The van der Waals surface area contributed by atoms with Gasteiger partial charge < -0.3 is 19.2 Å². The minimum atomic E-state index is -3.63. The number of amides is 1. The number of nitrogens with one attached hydrogen (secondary N) is 1. The molecule has 0 radical (unpaired) electrons. The van der Waals surface area contributed by atoms with E-state index in [1.165, 1.54) is 14.2 Å². The van der Waals surface area contributed by atoms with Crippen LogP contribution in [0.25, 0.3) is 0 Å². The maximum absolute atomic E-state index is 12.6. The summed E-state index contributed by atoms with van der Waals surface area (Å²) >= 11 is 0. The standard InChI is InChI=1S/C16H21N3O6S/c1-9(2)13(15-18-19-16(25-15)26(5,21)22)17-14(20)10-6-11(23-3)8-12(7-10)24-4/h6-9,13H,1-5H3,(H,17,20)/t13-/m0/s1. The third-order valence-electron chi connectivity index (χ3n) is 3.57. The number of carbonyl (C=O) groups is 1. The molecule has 0 aliphatic carbocycles. The summed E-state index contributed by atoms with van der Waals surface area (Å²) in [6.07, 6.45) is 0.968. The number of carbonyl (C=O) groups excluding carboxylic acids is 1. The Morgan fingerprint density at radius 1 is 1.12 bits per heavy atom. The monoisotopic (exact) mass is 383 g/mol. The van der Waals surface area contributed by atoms with Gasteiger partial charge in [0, 0.05) is 17.9 Å². The minimum absolute atomic E-state index is 0.0173. The van der Waals surface area contributed by atoms with Crippen LogP contribution in [0, 0.1) is 5.92 Å². The second kappa shape index (κ2) is 7.73. The van der Waals surface area contributed by atoms with E-state index in [4.69, 9.17) is 13.9 Å². The van der Waals surface area contributed by atoms with Crippen LogP contribution in [-0.2, 0) is 9.84 Å². The molecule has 0 bridgehead atoms. The summed E-state index contributed by atoms with van der Waals surface area (Å²) in [6.45, 7) is 3.67. The lowest BCUT2D eigenvalue weighted by Gasteiger charge is -2.19. The molecule has 0 spiro atoms. The Labute approximate surface area is 151 Å². The molecule has 2 rings (SSSR count). The Hall–Kier alpha value is -2.62. The van der Waals surface area contributed by atoms with Gasteiger partial charge in [0.1, 0.15) is 17.5 Å². The van der Waals surface area contributed by atoms with Crippen molar-refractivity contribution in [2.45, 2.75) is 25.1 Å². The van der Waals surface area contributed by atoms with E-state index >= 15 is 0 Å². The average Bonchev–Trinajstić information content (AvgIpc) is 3.08. The van der Waals surface area contributed by atoms with E-state index in [-0.39, 0.29) is 11.8 Å². The molecule has 142 valence electrons. The molecule has 1 amide bonds. The van der Waals surface area contributed by atoms with E-state index in [9.17, 15) is 13.2 Å². The summed E-state index contributed by atoms with van der Waals surface area (Å²) in [4.78, 5) is 12.6. The van der Waals surface area contributed by atoms with Crippen LogP contribution in [0.3, 0.4) is 0 Å². The molecule has 26 heavy (non-hydrogen) atoms. The Morgan fingerprint density at radius 2 is 1.69 bits per heavy atom. The lowest BCUT2D eigenvalue weighted by molar-refractivity contribution is 0.0914. The number of methoxy groups -OCH3 is 2. The van der Waals surface area contributed by atoms with Crippen LogP contribution in [0.5, 0.6) is 11.5 Å². The summed E-state index contributed by atoms with van der Waals surface area (Å²) in [5.74, 6) is 0.406. The van der Waals surface area contributed by atoms with Gasteiger partial charge in [-0.15, -0.1) is 5.10 Å². The maximum atomic E-state index is 12.6. The number of hydrogen-bond acceptors (Lipinski definition) is 8. The SMILES string of the molecule is COc1cc(OC)cc(C(=O)N[C@H](c2nnc(S(C)(=O)=O)o2)C(C)C)c1. The smallest absolute Gasteiger partial charge is 0.335 e. The maximum Gasteiger partial charge on any atom is 0.335 e. The quantitative estimate of drug-likeness (QED) is 0.766. The Balaban J connectivity index is 2.30. The first-order valence-corrected chi connectivity index (χ1v) is 9.62. The van der Waals surface area contributed by atoms with Crippen molar-refractivity contribution in [1.82, 2.24) is 15.5 Å². The van der Waals surface area contributed by atoms with Crippen molar-refractivity contribution in [3.63, 3.8) is 0 Å². The zero-order chi connectivity index (χ0) is 19.5. The highest BCUT2D eigenvalue weighted by atomic mass is 32.2. The first kappa shape index (κ1) is 19.7. The molecule has 9 nitrogen and oxygen atoms in total. The molecule has 0 aliphatic rings. The fourth-order valence-electron chi connectivity index (χ4n) is 2.17. The van der Waals surface area contributed by atoms with E-state index in [1.807, 2.05) is 13.8 Å². The molecule has 0 saturated carbocycles. The summed E-state index contributed by atoms with van der Waals surface area (Å²) in [7, 11) is -0.657. The largest absolute Gasteiger partial charge is 0.497 e. The predicted molar refractivity (Wildman–Crippen MR) is 92.0 cm³/mol. The third-order valence-corrected chi connectivity index (χ3v) is 4.37. The van der Waals surface area contributed by atoms with Crippen LogP contribution in [0.15, 0.2) is 27.8 Å². The highest BCUT2D eigenvalue weighted by molar-refractivity contribution is 7.90. The molecule has 0 unspecified atom stereocenters. The molecular formula is C16H21N3O6S. The number of aromatic nitrogens is 2. The molecular weight excluding hydrogens is 362 g/mol. The fraction of sp³-hybridized carbons (Fsp3) is 0.438. The van der Waals surface area contributed by atoms with Crippen molar-refractivity contribution in [3.8, 4) is 11.5 Å². The van der Waals surface area contributed by atoms with Crippen LogP contribution in [0.4, 0.5) is 0 Å². The Bertz CT molecular complexity index is 869. The predicted octanol–water partition coefficient (Wildman–Crippen LogP) is 1.62. The number of rotatable bonds is 7. The van der Waals surface area contributed by atoms with Gasteiger partial charge in [0.05, 0.1) is 14.2 Å². The summed E-state index contributed by atoms with van der Waals surface area (Å²) in [5, 5.41) is 9.57. The summed E-state index contributed by atoms with van der Waals surface area (Å²) in [5.41, 5.74) is 0.315. The van der Waals surface area contributed by atoms with Crippen LogP contribution < -0.4 is 14.8 Å². The number of benzene rings is 1. The highest BCUT2D eigenvalue weighted by Gasteiger charge is 2.27. The molecule has 1 aromatic carbocycles. The van der Waals surface area contributed by atoms with Gasteiger partial charge in [0.15, 0.2) is 0 Å². The number of nitrogens with zero attached hydrogens (tertiary/aromatic N) is 2.